The molecule has 0 N–H and O–H groups in total. The molecule has 1 aromatic heterocycles. The van der Waals surface area contributed by atoms with Gasteiger partial charge in [-0.3, -0.25) is 9.69 Å². The molecule has 1 amide bonds. The number of para-hydroxylation sites is 1. The summed E-state index contributed by atoms with van der Waals surface area (Å²) in [6, 6.07) is 25.9. The van der Waals surface area contributed by atoms with Crippen LogP contribution in [-0.4, -0.2) is 16.1 Å². The van der Waals surface area contributed by atoms with Crippen LogP contribution in [0.4, 0.5) is 5.13 Å². The van der Waals surface area contributed by atoms with Crippen molar-refractivity contribution in [1.82, 2.24) is 4.98 Å². The summed E-state index contributed by atoms with van der Waals surface area (Å²) >= 11 is 3.34. The number of hydrogen-bond donors (Lipinski definition) is 0. The number of carbonyl (C=O) groups excluding carboxylic acids is 1. The second-order valence-corrected chi connectivity index (χ2v) is 9.69. The molecule has 29 heavy (non-hydrogen) atoms. The number of carbonyl (C=O) groups is 1. The zero-order valence-corrected chi connectivity index (χ0v) is 18.0. The lowest BCUT2D eigenvalue weighted by Gasteiger charge is -2.20. The number of benzene rings is 3. The fraction of sp³-hybridized carbons (Fsp3) is 0.167. The Balaban J connectivity index is 1.68. The van der Waals surface area contributed by atoms with Crippen LogP contribution in [0.25, 0.3) is 10.2 Å². The SMILES string of the molecule is CC(C)Sc1ccc(C(=O)N(Cc2ccccc2)c2nc3ccccc3s2)cc1. The predicted molar refractivity (Wildman–Crippen MR) is 124 cm³/mol. The average molecular weight is 419 g/mol. The largest absolute Gasteiger partial charge is 0.279 e. The Morgan fingerprint density at radius 2 is 1.66 bits per heavy atom. The van der Waals surface area contributed by atoms with Gasteiger partial charge in [-0.2, -0.15) is 0 Å². The van der Waals surface area contributed by atoms with E-state index < -0.39 is 0 Å². The molecule has 3 nitrogen and oxygen atoms in total. The highest BCUT2D eigenvalue weighted by Crippen LogP contribution is 2.31. The molecule has 0 aliphatic carbocycles. The Morgan fingerprint density at radius 3 is 2.34 bits per heavy atom. The maximum absolute atomic E-state index is 13.4. The van der Waals surface area contributed by atoms with Crippen LogP contribution in [0.5, 0.6) is 0 Å². The van der Waals surface area contributed by atoms with Crippen LogP contribution in [-0.2, 0) is 6.54 Å². The van der Waals surface area contributed by atoms with Gasteiger partial charge in [0, 0.05) is 15.7 Å². The quantitative estimate of drug-likeness (QED) is 0.329. The van der Waals surface area contributed by atoms with E-state index in [1.54, 1.807) is 28.0 Å². The monoisotopic (exact) mass is 418 g/mol. The Morgan fingerprint density at radius 1 is 0.966 bits per heavy atom. The van der Waals surface area contributed by atoms with E-state index in [0.29, 0.717) is 17.4 Å². The highest BCUT2D eigenvalue weighted by atomic mass is 32.2. The molecule has 0 unspecified atom stereocenters. The molecular formula is C24H22N2OS2. The van der Waals surface area contributed by atoms with Crippen molar-refractivity contribution in [1.29, 1.82) is 0 Å². The van der Waals surface area contributed by atoms with Gasteiger partial charge in [-0.05, 0) is 42.0 Å². The third kappa shape index (κ3) is 4.69. The maximum Gasteiger partial charge on any atom is 0.260 e. The molecule has 0 radical (unpaired) electrons. The molecule has 0 aliphatic rings. The van der Waals surface area contributed by atoms with Crippen molar-refractivity contribution in [2.75, 3.05) is 4.90 Å². The number of fused-ring (bicyclic) bond motifs is 1. The number of thioether (sulfide) groups is 1. The van der Waals surface area contributed by atoms with E-state index in [-0.39, 0.29) is 5.91 Å². The molecule has 0 atom stereocenters. The fourth-order valence-corrected chi connectivity index (χ4v) is 4.87. The number of thiazole rings is 1. The van der Waals surface area contributed by atoms with Crippen molar-refractivity contribution < 1.29 is 4.79 Å². The van der Waals surface area contributed by atoms with Crippen molar-refractivity contribution in [3.05, 3.63) is 90.0 Å². The van der Waals surface area contributed by atoms with Crippen molar-refractivity contribution in [2.45, 2.75) is 30.5 Å². The van der Waals surface area contributed by atoms with Crippen LogP contribution in [0.3, 0.4) is 0 Å². The second-order valence-electron chi connectivity index (χ2n) is 7.03. The van der Waals surface area contributed by atoms with Crippen molar-refractivity contribution in [3.63, 3.8) is 0 Å². The summed E-state index contributed by atoms with van der Waals surface area (Å²) < 4.78 is 1.08. The smallest absolute Gasteiger partial charge is 0.260 e. The Bertz CT molecular complexity index is 1070. The first kappa shape index (κ1) is 19.7. The highest BCUT2D eigenvalue weighted by Gasteiger charge is 2.21. The lowest BCUT2D eigenvalue weighted by molar-refractivity contribution is 0.0985. The number of hydrogen-bond acceptors (Lipinski definition) is 4. The molecule has 1 heterocycles. The normalized spacial score (nSPS) is 11.1. The van der Waals surface area contributed by atoms with Crippen LogP contribution in [0.2, 0.25) is 0 Å². The summed E-state index contributed by atoms with van der Waals surface area (Å²) in [7, 11) is 0. The first-order valence-corrected chi connectivity index (χ1v) is 11.3. The Kier molecular flexibility index (Phi) is 5.97. The van der Waals surface area contributed by atoms with Gasteiger partial charge in [-0.15, -0.1) is 11.8 Å². The number of aromatic nitrogens is 1. The van der Waals surface area contributed by atoms with Gasteiger partial charge in [0.15, 0.2) is 5.13 Å². The van der Waals surface area contributed by atoms with Gasteiger partial charge in [0.1, 0.15) is 0 Å². The number of nitrogens with zero attached hydrogens (tertiary/aromatic N) is 2. The summed E-state index contributed by atoms with van der Waals surface area (Å²) in [4.78, 5) is 21.1. The molecule has 0 saturated heterocycles. The highest BCUT2D eigenvalue weighted by molar-refractivity contribution is 7.99. The molecule has 5 heteroatoms. The Hall–Kier alpha value is -2.63. The van der Waals surface area contributed by atoms with Crippen LogP contribution in [0.1, 0.15) is 29.8 Å². The molecule has 3 aromatic carbocycles. The van der Waals surface area contributed by atoms with Gasteiger partial charge < -0.3 is 0 Å². The Labute approximate surface area is 179 Å². The van der Waals surface area contributed by atoms with Gasteiger partial charge in [0.2, 0.25) is 0 Å². The second kappa shape index (κ2) is 8.80. The third-order valence-corrected chi connectivity index (χ3v) is 6.49. The topological polar surface area (TPSA) is 33.2 Å². The lowest BCUT2D eigenvalue weighted by atomic mass is 10.1. The van der Waals surface area contributed by atoms with E-state index in [0.717, 1.165) is 20.9 Å². The minimum absolute atomic E-state index is 0.0333. The van der Waals surface area contributed by atoms with Crippen molar-refractivity contribution >= 4 is 44.4 Å². The van der Waals surface area contributed by atoms with Crippen LogP contribution >= 0.6 is 23.1 Å². The maximum atomic E-state index is 13.4. The molecule has 0 fully saturated rings. The van der Waals surface area contributed by atoms with Gasteiger partial charge in [0.05, 0.1) is 16.8 Å². The lowest BCUT2D eigenvalue weighted by Crippen LogP contribution is -2.30. The van der Waals surface area contributed by atoms with E-state index in [1.165, 1.54) is 4.90 Å². The molecule has 146 valence electrons. The van der Waals surface area contributed by atoms with E-state index in [2.05, 4.69) is 13.8 Å². The minimum atomic E-state index is -0.0333. The first-order valence-electron chi connectivity index (χ1n) is 9.58. The third-order valence-electron chi connectivity index (χ3n) is 4.42. The van der Waals surface area contributed by atoms with Crippen molar-refractivity contribution in [2.24, 2.45) is 0 Å². The predicted octanol–water partition coefficient (Wildman–Crippen LogP) is 6.64. The van der Waals surface area contributed by atoms with Gasteiger partial charge in [-0.1, -0.05) is 67.6 Å². The zero-order valence-electron chi connectivity index (χ0n) is 16.4. The molecular weight excluding hydrogens is 396 g/mol. The first-order chi connectivity index (χ1) is 14.1. The van der Waals surface area contributed by atoms with E-state index in [4.69, 9.17) is 4.98 Å². The molecule has 0 bridgehead atoms. The summed E-state index contributed by atoms with van der Waals surface area (Å²) in [5.41, 5.74) is 2.67. The van der Waals surface area contributed by atoms with E-state index >= 15 is 0 Å². The molecule has 4 aromatic rings. The van der Waals surface area contributed by atoms with Gasteiger partial charge >= 0.3 is 0 Å². The number of amides is 1. The van der Waals surface area contributed by atoms with Crippen LogP contribution in [0.15, 0.2) is 83.8 Å². The number of anilines is 1. The van der Waals surface area contributed by atoms with Crippen molar-refractivity contribution in [3.8, 4) is 0 Å². The summed E-state index contributed by atoms with van der Waals surface area (Å²) in [6.07, 6.45) is 0. The molecule has 4 rings (SSSR count). The van der Waals surface area contributed by atoms with E-state index in [9.17, 15) is 4.79 Å². The van der Waals surface area contributed by atoms with Crippen LogP contribution < -0.4 is 4.90 Å². The van der Waals surface area contributed by atoms with E-state index in [1.807, 2.05) is 78.9 Å². The summed E-state index contributed by atoms with van der Waals surface area (Å²) in [5, 5.41) is 1.23. The minimum Gasteiger partial charge on any atom is -0.279 e. The zero-order chi connectivity index (χ0) is 20.2. The summed E-state index contributed by atoms with van der Waals surface area (Å²) in [6.45, 7) is 4.82. The standard InChI is InChI=1S/C24H22N2OS2/c1-17(2)28-20-14-12-19(13-15-20)23(27)26(16-18-8-4-3-5-9-18)24-25-21-10-6-7-11-22(21)29-24/h3-15,17H,16H2,1-2H3. The molecule has 0 aliphatic heterocycles. The average Bonchev–Trinajstić information content (AvgIpc) is 3.16. The molecule has 0 saturated carbocycles. The fourth-order valence-electron chi connectivity index (χ4n) is 3.07. The van der Waals surface area contributed by atoms with Crippen LogP contribution in [0, 0.1) is 0 Å². The number of rotatable bonds is 6. The van der Waals surface area contributed by atoms with Gasteiger partial charge in [0.25, 0.3) is 5.91 Å². The summed E-state index contributed by atoms with van der Waals surface area (Å²) in [5.74, 6) is -0.0333. The van der Waals surface area contributed by atoms with Gasteiger partial charge in [-0.25, -0.2) is 4.98 Å². The molecule has 0 spiro atoms.